The molecule has 0 amide bonds. The molecule has 0 saturated heterocycles. The smallest absolute Gasteiger partial charge is 0.340 e. The highest BCUT2D eigenvalue weighted by molar-refractivity contribution is 9.10. The number of rotatable bonds is 7. The van der Waals surface area contributed by atoms with Gasteiger partial charge in [-0.15, -0.1) is 0 Å². The van der Waals surface area contributed by atoms with E-state index in [2.05, 4.69) is 40.3 Å². The third-order valence-electron chi connectivity index (χ3n) is 3.62. The van der Waals surface area contributed by atoms with E-state index in [4.69, 9.17) is 9.47 Å². The maximum absolute atomic E-state index is 11.8. The lowest BCUT2D eigenvalue weighted by Gasteiger charge is -2.13. The van der Waals surface area contributed by atoms with Gasteiger partial charge in [0.15, 0.2) is 0 Å². The molecular weight excluding hydrogens is 370 g/mol. The number of ether oxygens (including phenoxy) is 2. The summed E-state index contributed by atoms with van der Waals surface area (Å²) in [5.41, 5.74) is 3.60. The van der Waals surface area contributed by atoms with Gasteiger partial charge < -0.3 is 14.8 Å². The molecule has 0 spiro atoms. The van der Waals surface area contributed by atoms with Crippen LogP contribution in [-0.2, 0) is 4.74 Å². The highest BCUT2D eigenvalue weighted by atomic mass is 79.9. The van der Waals surface area contributed by atoms with Crippen LogP contribution >= 0.6 is 15.9 Å². The van der Waals surface area contributed by atoms with E-state index in [9.17, 15) is 4.79 Å². The summed E-state index contributed by atoms with van der Waals surface area (Å²) in [5, 5.41) is 3.27. The Morgan fingerprint density at radius 1 is 1.17 bits per heavy atom. The van der Waals surface area contributed by atoms with Crippen molar-refractivity contribution in [2.75, 3.05) is 25.6 Å². The minimum Gasteiger partial charge on any atom is -0.493 e. The zero-order valence-corrected chi connectivity index (χ0v) is 15.8. The molecule has 0 aliphatic carbocycles. The molecule has 0 fully saturated rings. The Hall–Kier alpha value is -2.01. The molecule has 128 valence electrons. The van der Waals surface area contributed by atoms with Gasteiger partial charge in [-0.2, -0.15) is 0 Å². The molecule has 1 N–H and O–H groups in total. The van der Waals surface area contributed by atoms with E-state index in [1.54, 1.807) is 6.07 Å². The van der Waals surface area contributed by atoms with Gasteiger partial charge in [-0.25, -0.2) is 4.79 Å². The molecule has 0 heterocycles. The summed E-state index contributed by atoms with van der Waals surface area (Å²) in [4.78, 5) is 11.8. The minimum absolute atomic E-state index is 0.356. The number of aryl methyl sites for hydroxylation is 2. The van der Waals surface area contributed by atoms with E-state index in [1.807, 2.05) is 25.1 Å². The largest absolute Gasteiger partial charge is 0.493 e. The number of hydrogen-bond donors (Lipinski definition) is 1. The fourth-order valence-corrected chi connectivity index (χ4v) is 2.65. The van der Waals surface area contributed by atoms with Crippen LogP contribution < -0.4 is 10.1 Å². The minimum atomic E-state index is -0.356. The highest BCUT2D eigenvalue weighted by Crippen LogP contribution is 2.22. The normalized spacial score (nSPS) is 10.3. The Kier molecular flexibility index (Phi) is 6.67. The molecule has 2 rings (SSSR count). The maximum atomic E-state index is 11.8. The van der Waals surface area contributed by atoms with Crippen molar-refractivity contribution in [1.29, 1.82) is 0 Å². The third kappa shape index (κ3) is 4.99. The fraction of sp³-hybridized carbons (Fsp3) is 0.316. The number of benzene rings is 2. The molecule has 0 unspecified atom stereocenters. The molecule has 0 saturated carbocycles. The van der Waals surface area contributed by atoms with Crippen molar-refractivity contribution in [3.63, 3.8) is 0 Å². The monoisotopic (exact) mass is 391 g/mol. The zero-order valence-electron chi connectivity index (χ0n) is 14.2. The molecule has 24 heavy (non-hydrogen) atoms. The molecule has 5 heteroatoms. The number of anilines is 1. The van der Waals surface area contributed by atoms with Crippen LogP contribution in [0.4, 0.5) is 5.69 Å². The van der Waals surface area contributed by atoms with Crippen LogP contribution in [0.5, 0.6) is 5.75 Å². The number of carbonyl (C=O) groups is 1. The molecular formula is C19H22BrNO3. The molecule has 0 aliphatic rings. The summed E-state index contributed by atoms with van der Waals surface area (Å²) >= 11 is 3.37. The van der Waals surface area contributed by atoms with Gasteiger partial charge >= 0.3 is 5.97 Å². The number of nitrogens with one attached hydrogen (secondary N) is 1. The number of halogens is 1. The SMILES string of the molecule is COC(=O)c1cc(Br)ccc1NCCCOc1cc(C)ccc1C. The molecule has 0 aliphatic heterocycles. The summed E-state index contributed by atoms with van der Waals surface area (Å²) in [6, 6.07) is 11.7. The van der Waals surface area contributed by atoms with Crippen molar-refractivity contribution < 1.29 is 14.3 Å². The summed E-state index contributed by atoms with van der Waals surface area (Å²) in [6.07, 6.45) is 0.823. The van der Waals surface area contributed by atoms with E-state index in [1.165, 1.54) is 12.7 Å². The van der Waals surface area contributed by atoms with Gasteiger partial charge in [0.2, 0.25) is 0 Å². The Balaban J connectivity index is 1.86. The Morgan fingerprint density at radius 2 is 1.96 bits per heavy atom. The van der Waals surface area contributed by atoms with Crippen LogP contribution in [0.25, 0.3) is 0 Å². The summed E-state index contributed by atoms with van der Waals surface area (Å²) in [5.74, 6) is 0.569. The van der Waals surface area contributed by atoms with Gasteiger partial charge in [0.25, 0.3) is 0 Å². The Bertz CT molecular complexity index is 716. The number of esters is 1. The number of hydrogen-bond acceptors (Lipinski definition) is 4. The summed E-state index contributed by atoms with van der Waals surface area (Å²) in [6.45, 7) is 5.41. The molecule has 4 nitrogen and oxygen atoms in total. The van der Waals surface area contributed by atoms with Crippen molar-refractivity contribution in [3.05, 3.63) is 57.6 Å². The van der Waals surface area contributed by atoms with E-state index in [-0.39, 0.29) is 5.97 Å². The van der Waals surface area contributed by atoms with Gasteiger partial charge in [0, 0.05) is 16.7 Å². The second-order valence-corrected chi connectivity index (χ2v) is 6.49. The number of methoxy groups -OCH3 is 1. The van der Waals surface area contributed by atoms with Gasteiger partial charge in [-0.3, -0.25) is 0 Å². The zero-order chi connectivity index (χ0) is 17.5. The molecule has 0 bridgehead atoms. The van der Waals surface area contributed by atoms with Crippen molar-refractivity contribution >= 4 is 27.6 Å². The standard InChI is InChI=1S/C19H22BrNO3/c1-13-5-6-14(2)18(11-13)24-10-4-9-21-17-8-7-15(20)12-16(17)19(22)23-3/h5-8,11-12,21H,4,9-10H2,1-3H3. The van der Waals surface area contributed by atoms with Crippen LogP contribution in [0.2, 0.25) is 0 Å². The van der Waals surface area contributed by atoms with E-state index in [0.717, 1.165) is 27.9 Å². The second kappa shape index (κ2) is 8.73. The first-order valence-corrected chi connectivity index (χ1v) is 8.62. The van der Waals surface area contributed by atoms with Crippen molar-refractivity contribution in [1.82, 2.24) is 0 Å². The van der Waals surface area contributed by atoms with Crippen LogP contribution in [0, 0.1) is 13.8 Å². The summed E-state index contributed by atoms with van der Waals surface area (Å²) < 4.78 is 11.5. The molecule has 2 aromatic carbocycles. The van der Waals surface area contributed by atoms with Crippen molar-refractivity contribution in [2.45, 2.75) is 20.3 Å². The fourth-order valence-electron chi connectivity index (χ4n) is 2.29. The van der Waals surface area contributed by atoms with Gasteiger partial charge in [-0.1, -0.05) is 28.1 Å². The lowest BCUT2D eigenvalue weighted by atomic mass is 10.1. The Labute approximate surface area is 151 Å². The Morgan fingerprint density at radius 3 is 2.71 bits per heavy atom. The predicted molar refractivity (Wildman–Crippen MR) is 100.0 cm³/mol. The first-order valence-electron chi connectivity index (χ1n) is 7.83. The van der Waals surface area contributed by atoms with E-state index < -0.39 is 0 Å². The summed E-state index contributed by atoms with van der Waals surface area (Å²) in [7, 11) is 1.38. The van der Waals surface area contributed by atoms with E-state index in [0.29, 0.717) is 18.7 Å². The van der Waals surface area contributed by atoms with Crippen molar-refractivity contribution in [2.24, 2.45) is 0 Å². The lowest BCUT2D eigenvalue weighted by molar-refractivity contribution is 0.0601. The van der Waals surface area contributed by atoms with Gasteiger partial charge in [0.05, 0.1) is 19.3 Å². The number of carbonyl (C=O) groups excluding carboxylic acids is 1. The van der Waals surface area contributed by atoms with Gasteiger partial charge in [0.1, 0.15) is 5.75 Å². The molecule has 0 atom stereocenters. The molecule has 0 radical (unpaired) electrons. The van der Waals surface area contributed by atoms with Crippen LogP contribution in [0.15, 0.2) is 40.9 Å². The predicted octanol–water partition coefficient (Wildman–Crippen LogP) is 4.73. The molecule has 0 aromatic heterocycles. The average Bonchev–Trinajstić information content (AvgIpc) is 2.57. The van der Waals surface area contributed by atoms with Crippen LogP contribution in [0.3, 0.4) is 0 Å². The average molecular weight is 392 g/mol. The van der Waals surface area contributed by atoms with Crippen LogP contribution in [0.1, 0.15) is 27.9 Å². The molecule has 2 aromatic rings. The van der Waals surface area contributed by atoms with E-state index >= 15 is 0 Å². The van der Waals surface area contributed by atoms with Crippen molar-refractivity contribution in [3.8, 4) is 5.75 Å². The van der Waals surface area contributed by atoms with Crippen LogP contribution in [-0.4, -0.2) is 26.2 Å². The topological polar surface area (TPSA) is 47.6 Å². The first kappa shape index (κ1) is 18.3. The second-order valence-electron chi connectivity index (χ2n) is 5.58. The first-order chi connectivity index (χ1) is 11.5. The maximum Gasteiger partial charge on any atom is 0.340 e. The van der Waals surface area contributed by atoms with Gasteiger partial charge in [-0.05, 0) is 55.7 Å². The lowest BCUT2D eigenvalue weighted by Crippen LogP contribution is -2.11. The highest BCUT2D eigenvalue weighted by Gasteiger charge is 2.12. The third-order valence-corrected chi connectivity index (χ3v) is 4.12. The quantitative estimate of drug-likeness (QED) is 0.547.